The van der Waals surface area contributed by atoms with Crippen LogP contribution >= 0.6 is 0 Å². The van der Waals surface area contributed by atoms with E-state index in [4.69, 9.17) is 14.5 Å². The fourth-order valence-corrected chi connectivity index (χ4v) is 3.78. The molecule has 1 aromatic heterocycles. The van der Waals surface area contributed by atoms with E-state index in [0.717, 1.165) is 44.5 Å². The summed E-state index contributed by atoms with van der Waals surface area (Å²) in [6.07, 6.45) is 5.66. The number of carbonyl (C=O) groups is 1. The van der Waals surface area contributed by atoms with Crippen LogP contribution in [0.4, 0.5) is 4.79 Å². The van der Waals surface area contributed by atoms with E-state index in [1.54, 1.807) is 7.11 Å². The molecule has 5 heteroatoms. The van der Waals surface area contributed by atoms with E-state index in [2.05, 4.69) is 13.0 Å². The number of hydrogen-bond acceptors (Lipinski definition) is 4. The Morgan fingerprint density at radius 3 is 2.44 bits per heavy atom. The van der Waals surface area contributed by atoms with E-state index < -0.39 is 5.60 Å². The Labute approximate surface area is 150 Å². The summed E-state index contributed by atoms with van der Waals surface area (Å²) in [6.45, 7) is 9.33. The van der Waals surface area contributed by atoms with Crippen LogP contribution in [0.5, 0.6) is 0 Å². The molecule has 1 aromatic rings. The van der Waals surface area contributed by atoms with Crippen LogP contribution in [0, 0.1) is 6.92 Å². The fourth-order valence-electron chi connectivity index (χ4n) is 3.78. The van der Waals surface area contributed by atoms with Gasteiger partial charge >= 0.3 is 6.09 Å². The number of pyridine rings is 1. The van der Waals surface area contributed by atoms with Gasteiger partial charge in [0, 0.05) is 26.4 Å². The Morgan fingerprint density at radius 1 is 1.28 bits per heavy atom. The summed E-state index contributed by atoms with van der Waals surface area (Å²) in [7, 11) is 1.78. The Kier molecular flexibility index (Phi) is 4.80. The van der Waals surface area contributed by atoms with Gasteiger partial charge < -0.3 is 14.4 Å². The Hall–Kier alpha value is -1.62. The van der Waals surface area contributed by atoms with Crippen molar-refractivity contribution in [3.8, 4) is 0 Å². The summed E-state index contributed by atoms with van der Waals surface area (Å²) in [4.78, 5) is 18.8. The highest BCUT2D eigenvalue weighted by molar-refractivity contribution is 5.68. The van der Waals surface area contributed by atoms with E-state index in [1.807, 2.05) is 31.9 Å². The molecule has 0 N–H and O–H groups in total. The van der Waals surface area contributed by atoms with Crippen molar-refractivity contribution in [2.45, 2.75) is 70.5 Å². The molecule has 1 saturated carbocycles. The minimum absolute atomic E-state index is 0.177. The molecular weight excluding hydrogens is 316 g/mol. The molecule has 25 heavy (non-hydrogen) atoms. The normalized spacial score (nSPS) is 20.4. The molecule has 1 amide bonds. The highest BCUT2D eigenvalue weighted by Crippen LogP contribution is 2.51. The molecule has 2 aliphatic rings. The number of likely N-dealkylation sites (tertiary alicyclic amines) is 1. The molecule has 138 valence electrons. The van der Waals surface area contributed by atoms with Crippen molar-refractivity contribution in [1.82, 2.24) is 9.88 Å². The number of nitrogens with zero attached hydrogens (tertiary/aromatic N) is 2. The quantitative estimate of drug-likeness (QED) is 0.825. The molecule has 2 fully saturated rings. The van der Waals surface area contributed by atoms with Crippen LogP contribution < -0.4 is 0 Å². The summed E-state index contributed by atoms with van der Waals surface area (Å²) >= 11 is 0. The third-order valence-corrected chi connectivity index (χ3v) is 5.29. The molecule has 0 aromatic carbocycles. The van der Waals surface area contributed by atoms with Crippen molar-refractivity contribution in [2.24, 2.45) is 0 Å². The van der Waals surface area contributed by atoms with Gasteiger partial charge in [0.05, 0.1) is 5.69 Å². The number of amides is 1. The zero-order valence-electron chi connectivity index (χ0n) is 16.1. The van der Waals surface area contributed by atoms with Crippen LogP contribution in [-0.4, -0.2) is 41.8 Å². The summed E-state index contributed by atoms with van der Waals surface area (Å²) in [5.74, 6) is 0.426. The van der Waals surface area contributed by atoms with Crippen molar-refractivity contribution >= 4 is 6.09 Å². The lowest BCUT2D eigenvalue weighted by Crippen LogP contribution is -2.41. The van der Waals surface area contributed by atoms with Gasteiger partial charge in [-0.1, -0.05) is 0 Å². The highest BCUT2D eigenvalue weighted by Gasteiger charge is 2.48. The minimum Gasteiger partial charge on any atom is -0.444 e. The first-order valence-corrected chi connectivity index (χ1v) is 9.25. The molecule has 1 aliphatic heterocycles. The average Bonchev–Trinajstić information content (AvgIpc) is 3.34. The number of hydrogen-bond donors (Lipinski definition) is 0. The summed E-state index contributed by atoms with van der Waals surface area (Å²) in [5.41, 5.74) is 3.11. The van der Waals surface area contributed by atoms with Gasteiger partial charge in [-0.05, 0) is 76.5 Å². The van der Waals surface area contributed by atoms with Crippen molar-refractivity contribution < 1.29 is 14.3 Å². The average molecular weight is 346 g/mol. The molecule has 0 spiro atoms. The lowest BCUT2D eigenvalue weighted by molar-refractivity contribution is 0.0202. The third-order valence-electron chi connectivity index (χ3n) is 5.29. The first-order valence-electron chi connectivity index (χ1n) is 9.25. The van der Waals surface area contributed by atoms with Gasteiger partial charge in [-0.2, -0.15) is 0 Å². The summed E-state index contributed by atoms with van der Waals surface area (Å²) in [5, 5.41) is 0. The van der Waals surface area contributed by atoms with Crippen LogP contribution in [-0.2, 0) is 15.1 Å². The van der Waals surface area contributed by atoms with E-state index in [0.29, 0.717) is 5.92 Å². The van der Waals surface area contributed by atoms with Crippen molar-refractivity contribution in [3.05, 3.63) is 29.1 Å². The molecule has 1 aliphatic carbocycles. The van der Waals surface area contributed by atoms with Crippen molar-refractivity contribution in [2.75, 3.05) is 20.2 Å². The second kappa shape index (κ2) is 6.60. The SMILES string of the molecule is COC1(c2nccc(C)c2C2CCN(C(=O)OC(C)(C)C)CC2)CC1. The van der Waals surface area contributed by atoms with Gasteiger partial charge in [0.25, 0.3) is 0 Å². The van der Waals surface area contributed by atoms with Gasteiger partial charge in [-0.15, -0.1) is 0 Å². The maximum absolute atomic E-state index is 12.3. The van der Waals surface area contributed by atoms with Crippen LogP contribution in [0.15, 0.2) is 12.3 Å². The number of aromatic nitrogens is 1. The molecule has 2 heterocycles. The first-order chi connectivity index (χ1) is 11.8. The molecule has 3 rings (SSSR count). The standard InChI is InChI=1S/C20H30N2O3/c1-14-6-11-21-17(20(24-5)9-10-20)16(14)15-7-12-22(13-8-15)18(23)25-19(2,3)4/h6,11,15H,7-10,12-13H2,1-5H3. The highest BCUT2D eigenvalue weighted by atomic mass is 16.6. The second-order valence-corrected chi connectivity index (χ2v) is 8.33. The summed E-state index contributed by atoms with van der Waals surface area (Å²) < 4.78 is 11.3. The van der Waals surface area contributed by atoms with Gasteiger partial charge in [0.2, 0.25) is 0 Å². The monoisotopic (exact) mass is 346 g/mol. The fraction of sp³-hybridized carbons (Fsp3) is 0.700. The largest absolute Gasteiger partial charge is 0.444 e. The molecule has 0 unspecified atom stereocenters. The maximum atomic E-state index is 12.3. The number of aryl methyl sites for hydroxylation is 1. The van der Waals surface area contributed by atoms with Crippen LogP contribution in [0.2, 0.25) is 0 Å². The molecule has 5 nitrogen and oxygen atoms in total. The molecule has 0 radical (unpaired) electrons. The Morgan fingerprint density at radius 2 is 1.92 bits per heavy atom. The lowest BCUT2D eigenvalue weighted by atomic mass is 9.84. The van der Waals surface area contributed by atoms with Crippen LogP contribution in [0.1, 0.15) is 69.2 Å². The summed E-state index contributed by atoms with van der Waals surface area (Å²) in [6, 6.07) is 2.09. The zero-order chi connectivity index (χ0) is 18.2. The van der Waals surface area contributed by atoms with Gasteiger partial charge in [-0.3, -0.25) is 4.98 Å². The molecule has 0 bridgehead atoms. The Balaban J connectivity index is 1.73. The van der Waals surface area contributed by atoms with Crippen molar-refractivity contribution in [3.63, 3.8) is 0 Å². The van der Waals surface area contributed by atoms with E-state index in [1.165, 1.54) is 11.1 Å². The maximum Gasteiger partial charge on any atom is 0.410 e. The van der Waals surface area contributed by atoms with Crippen molar-refractivity contribution in [1.29, 1.82) is 0 Å². The number of piperidine rings is 1. The molecular formula is C20H30N2O3. The predicted molar refractivity (Wildman–Crippen MR) is 96.7 cm³/mol. The van der Waals surface area contributed by atoms with E-state index in [9.17, 15) is 4.79 Å². The van der Waals surface area contributed by atoms with Gasteiger partial charge in [-0.25, -0.2) is 4.79 Å². The topological polar surface area (TPSA) is 51.7 Å². The zero-order valence-corrected chi connectivity index (χ0v) is 16.1. The number of carbonyl (C=O) groups excluding carboxylic acids is 1. The first kappa shape index (κ1) is 18.2. The number of methoxy groups -OCH3 is 1. The molecule has 0 atom stereocenters. The van der Waals surface area contributed by atoms with Crippen LogP contribution in [0.3, 0.4) is 0 Å². The number of rotatable bonds is 3. The number of ether oxygens (including phenoxy) is 2. The van der Waals surface area contributed by atoms with E-state index >= 15 is 0 Å². The molecule has 1 saturated heterocycles. The predicted octanol–water partition coefficient (Wildman–Crippen LogP) is 4.14. The van der Waals surface area contributed by atoms with E-state index in [-0.39, 0.29) is 11.7 Å². The Bertz CT molecular complexity index is 639. The third kappa shape index (κ3) is 3.81. The second-order valence-electron chi connectivity index (χ2n) is 8.33. The van der Waals surface area contributed by atoms with Gasteiger partial charge in [0.1, 0.15) is 11.2 Å². The lowest BCUT2D eigenvalue weighted by Gasteiger charge is -2.35. The van der Waals surface area contributed by atoms with Gasteiger partial charge in [0.15, 0.2) is 0 Å². The van der Waals surface area contributed by atoms with Crippen LogP contribution in [0.25, 0.3) is 0 Å². The minimum atomic E-state index is -0.447. The smallest absolute Gasteiger partial charge is 0.410 e.